The molecule has 1 atom stereocenters. The van der Waals surface area contributed by atoms with Crippen molar-refractivity contribution in [3.8, 4) is 0 Å². The molecule has 7 nitrogen and oxygen atoms in total. The van der Waals surface area contributed by atoms with Crippen LogP contribution in [-0.2, 0) is 16.0 Å². The summed E-state index contributed by atoms with van der Waals surface area (Å²) in [7, 11) is 3.70. The van der Waals surface area contributed by atoms with Gasteiger partial charge in [-0.25, -0.2) is 0 Å². The van der Waals surface area contributed by atoms with Crippen LogP contribution in [0.25, 0.3) is 0 Å². The van der Waals surface area contributed by atoms with Crippen LogP contribution < -0.4 is 10.6 Å². The van der Waals surface area contributed by atoms with Crippen molar-refractivity contribution in [2.75, 3.05) is 38.6 Å². The van der Waals surface area contributed by atoms with E-state index >= 15 is 0 Å². The second-order valence-corrected chi connectivity index (χ2v) is 7.31. The average molecular weight is 392 g/mol. The zero-order chi connectivity index (χ0) is 21.1. The highest BCUT2D eigenvalue weighted by Gasteiger charge is 2.24. The number of hydrogen-bond acceptors (Lipinski definition) is 5. The molecule has 0 aliphatic rings. The first-order valence-corrected chi connectivity index (χ1v) is 9.77. The fraction of sp³-hybridized carbons (Fsp3) is 0.571. The second-order valence-electron chi connectivity index (χ2n) is 7.31. The van der Waals surface area contributed by atoms with Crippen LogP contribution in [-0.4, -0.2) is 61.9 Å². The molecule has 1 aromatic rings. The van der Waals surface area contributed by atoms with E-state index in [2.05, 4.69) is 0 Å². The largest absolute Gasteiger partial charge is 0.481 e. The number of carbonyl (C=O) groups excluding carboxylic acids is 2. The third-order valence-electron chi connectivity index (χ3n) is 4.69. The summed E-state index contributed by atoms with van der Waals surface area (Å²) >= 11 is 0. The van der Waals surface area contributed by atoms with E-state index in [1.165, 1.54) is 11.8 Å². The summed E-state index contributed by atoms with van der Waals surface area (Å²) in [5.41, 5.74) is 7.81. The van der Waals surface area contributed by atoms with E-state index in [0.717, 1.165) is 43.4 Å². The molecule has 0 fully saturated rings. The van der Waals surface area contributed by atoms with Gasteiger partial charge in [-0.2, -0.15) is 0 Å². The van der Waals surface area contributed by atoms with Crippen molar-refractivity contribution in [2.24, 2.45) is 11.7 Å². The number of hydrogen-bond donors (Lipinski definition) is 2. The van der Waals surface area contributed by atoms with Gasteiger partial charge in [0, 0.05) is 26.3 Å². The fourth-order valence-corrected chi connectivity index (χ4v) is 3.04. The standard InChI is InChI=1S/C21H33N3O4/c1-16(21(27)28)15-24(12-13-25)20(26)18-14-17(8-6-4-5-7-11-22)9-10-19(18)23(2)3/h9-10,13-14,16H,4-8,11-12,15,22H2,1-3H3,(H,27,28). The maximum atomic E-state index is 13.1. The van der Waals surface area contributed by atoms with Crippen molar-refractivity contribution in [1.29, 1.82) is 0 Å². The third-order valence-corrected chi connectivity index (χ3v) is 4.69. The molecule has 0 aliphatic carbocycles. The number of anilines is 1. The van der Waals surface area contributed by atoms with Gasteiger partial charge in [0.05, 0.1) is 18.0 Å². The van der Waals surface area contributed by atoms with Crippen LogP contribution in [0, 0.1) is 5.92 Å². The van der Waals surface area contributed by atoms with Gasteiger partial charge in [-0.15, -0.1) is 0 Å². The average Bonchev–Trinajstić information content (AvgIpc) is 2.66. The van der Waals surface area contributed by atoms with Crippen LogP contribution in [0.4, 0.5) is 5.69 Å². The molecule has 0 radical (unpaired) electrons. The number of nitrogens with zero attached hydrogens (tertiary/aromatic N) is 2. The minimum absolute atomic E-state index is 0.0108. The number of carboxylic acid groups (broad SMARTS) is 1. The Morgan fingerprint density at radius 2 is 1.86 bits per heavy atom. The van der Waals surface area contributed by atoms with Crippen molar-refractivity contribution in [3.05, 3.63) is 29.3 Å². The van der Waals surface area contributed by atoms with Crippen molar-refractivity contribution in [2.45, 2.75) is 39.0 Å². The molecule has 1 unspecified atom stereocenters. The van der Waals surface area contributed by atoms with Gasteiger partial charge in [0.2, 0.25) is 0 Å². The molecule has 1 amide bonds. The van der Waals surface area contributed by atoms with E-state index < -0.39 is 11.9 Å². The van der Waals surface area contributed by atoms with Gasteiger partial charge in [0.1, 0.15) is 6.29 Å². The van der Waals surface area contributed by atoms with Gasteiger partial charge in [-0.1, -0.05) is 25.8 Å². The lowest BCUT2D eigenvalue weighted by Gasteiger charge is -2.25. The maximum Gasteiger partial charge on any atom is 0.308 e. The number of unbranched alkanes of at least 4 members (excludes halogenated alkanes) is 3. The van der Waals surface area contributed by atoms with E-state index in [1.54, 1.807) is 0 Å². The molecule has 0 bridgehead atoms. The molecule has 0 saturated heterocycles. The van der Waals surface area contributed by atoms with Crippen molar-refractivity contribution in [3.63, 3.8) is 0 Å². The minimum Gasteiger partial charge on any atom is -0.481 e. The summed E-state index contributed by atoms with van der Waals surface area (Å²) in [6, 6.07) is 5.78. The zero-order valence-corrected chi connectivity index (χ0v) is 17.2. The number of amides is 1. The number of rotatable bonds is 13. The summed E-state index contributed by atoms with van der Waals surface area (Å²) in [6.45, 7) is 2.09. The predicted molar refractivity (Wildman–Crippen MR) is 111 cm³/mol. The van der Waals surface area contributed by atoms with E-state index in [9.17, 15) is 14.4 Å². The quantitative estimate of drug-likeness (QED) is 0.394. The summed E-state index contributed by atoms with van der Waals surface area (Å²) < 4.78 is 0. The van der Waals surface area contributed by atoms with Crippen LogP contribution in [0.3, 0.4) is 0 Å². The first kappa shape index (κ1) is 23.6. The monoisotopic (exact) mass is 391 g/mol. The third kappa shape index (κ3) is 7.31. The maximum absolute atomic E-state index is 13.1. The topological polar surface area (TPSA) is 104 Å². The lowest BCUT2D eigenvalue weighted by molar-refractivity contribution is -0.141. The smallest absolute Gasteiger partial charge is 0.308 e. The number of carbonyl (C=O) groups is 3. The molecule has 1 aromatic carbocycles. The van der Waals surface area contributed by atoms with E-state index in [4.69, 9.17) is 10.8 Å². The summed E-state index contributed by atoms with van der Waals surface area (Å²) in [4.78, 5) is 38.5. The molecular weight excluding hydrogens is 358 g/mol. The fourth-order valence-electron chi connectivity index (χ4n) is 3.04. The minimum atomic E-state index is -0.997. The van der Waals surface area contributed by atoms with Gasteiger partial charge in [0.25, 0.3) is 5.91 Å². The molecule has 1 rings (SSSR count). The van der Waals surface area contributed by atoms with Gasteiger partial charge in [-0.3, -0.25) is 9.59 Å². The molecule has 7 heteroatoms. The van der Waals surface area contributed by atoms with Crippen LogP contribution in [0.1, 0.15) is 48.5 Å². The second kappa shape index (κ2) is 12.1. The molecule has 0 aliphatic heterocycles. The number of aldehydes is 1. The Hall–Kier alpha value is -2.41. The molecule has 0 aromatic heterocycles. The Balaban J connectivity index is 3.04. The predicted octanol–water partition coefficient (Wildman–Crippen LogP) is 2.18. The first-order valence-electron chi connectivity index (χ1n) is 9.77. The van der Waals surface area contributed by atoms with Gasteiger partial charge in [0.15, 0.2) is 0 Å². The lowest BCUT2D eigenvalue weighted by Crippen LogP contribution is -2.38. The Bertz CT molecular complexity index is 661. The van der Waals surface area contributed by atoms with Crippen LogP contribution >= 0.6 is 0 Å². The number of aliphatic carboxylic acids is 1. The van der Waals surface area contributed by atoms with E-state index in [0.29, 0.717) is 18.4 Å². The SMILES string of the molecule is CC(CN(CC=O)C(=O)c1cc(CCCCCCN)ccc1N(C)C)C(=O)O. The normalized spacial score (nSPS) is 11.7. The molecular formula is C21H33N3O4. The van der Waals surface area contributed by atoms with Crippen molar-refractivity contribution < 1.29 is 19.5 Å². The molecule has 0 saturated carbocycles. The Morgan fingerprint density at radius 1 is 1.18 bits per heavy atom. The van der Waals surface area contributed by atoms with Crippen molar-refractivity contribution >= 4 is 23.9 Å². The van der Waals surface area contributed by atoms with E-state index in [-0.39, 0.29) is 19.0 Å². The Morgan fingerprint density at radius 3 is 2.43 bits per heavy atom. The van der Waals surface area contributed by atoms with Gasteiger partial charge in [-0.05, 0) is 43.5 Å². The molecule has 28 heavy (non-hydrogen) atoms. The highest BCUT2D eigenvalue weighted by molar-refractivity contribution is 6.00. The number of aryl methyl sites for hydroxylation is 1. The van der Waals surface area contributed by atoms with E-state index in [1.807, 2.05) is 37.2 Å². The number of nitrogens with two attached hydrogens (primary N) is 1. The highest BCUT2D eigenvalue weighted by atomic mass is 16.4. The molecule has 3 N–H and O–H groups in total. The number of carboxylic acids is 1. The van der Waals surface area contributed by atoms with Crippen LogP contribution in [0.2, 0.25) is 0 Å². The molecule has 0 spiro atoms. The Kier molecular flexibility index (Phi) is 10.2. The molecule has 0 heterocycles. The highest BCUT2D eigenvalue weighted by Crippen LogP contribution is 2.23. The molecule has 156 valence electrons. The summed E-state index contributed by atoms with van der Waals surface area (Å²) in [5.74, 6) is -2.07. The summed E-state index contributed by atoms with van der Waals surface area (Å²) in [5, 5.41) is 9.15. The van der Waals surface area contributed by atoms with Crippen LogP contribution in [0.15, 0.2) is 18.2 Å². The van der Waals surface area contributed by atoms with Crippen molar-refractivity contribution in [1.82, 2.24) is 4.90 Å². The summed E-state index contributed by atoms with van der Waals surface area (Å²) in [6.07, 6.45) is 5.71. The lowest BCUT2D eigenvalue weighted by atomic mass is 10.0. The number of benzene rings is 1. The zero-order valence-electron chi connectivity index (χ0n) is 17.2. The first-order chi connectivity index (χ1) is 13.3. The van der Waals surface area contributed by atoms with Gasteiger partial charge < -0.3 is 25.4 Å². The Labute approximate surface area is 167 Å². The van der Waals surface area contributed by atoms with Gasteiger partial charge >= 0.3 is 5.97 Å². The van der Waals surface area contributed by atoms with Crippen LogP contribution in [0.5, 0.6) is 0 Å².